The van der Waals surface area contributed by atoms with Crippen LogP contribution in [-0.2, 0) is 6.18 Å². The van der Waals surface area contributed by atoms with E-state index < -0.39 is 11.7 Å². The van der Waals surface area contributed by atoms with Crippen molar-refractivity contribution in [1.29, 1.82) is 0 Å². The van der Waals surface area contributed by atoms with Gasteiger partial charge in [0.15, 0.2) is 0 Å². The first kappa shape index (κ1) is 13.7. The molecule has 0 amide bonds. The van der Waals surface area contributed by atoms with E-state index in [0.29, 0.717) is 5.56 Å². The van der Waals surface area contributed by atoms with Gasteiger partial charge in [0.05, 0.1) is 13.2 Å². The first-order valence-corrected chi connectivity index (χ1v) is 5.37. The van der Waals surface area contributed by atoms with Crippen LogP contribution in [0.3, 0.4) is 0 Å². The van der Waals surface area contributed by atoms with Gasteiger partial charge >= 0.3 is 6.18 Å². The Morgan fingerprint density at radius 1 is 1.00 bits per heavy atom. The van der Waals surface area contributed by atoms with Crippen LogP contribution in [0.4, 0.5) is 13.2 Å². The Balaban J connectivity index is 3.36. The molecule has 17 heavy (non-hydrogen) atoms. The molecule has 0 bridgehead atoms. The standard InChI is InChI=1S/C12H15F3O2/c1-4-16-9-6-8(3)7-10(17-5-2)11(9)12(13,14)15/h6-7H,4-5H2,1-3H3. The van der Waals surface area contributed by atoms with Gasteiger partial charge in [0.1, 0.15) is 17.1 Å². The zero-order valence-electron chi connectivity index (χ0n) is 10.0. The van der Waals surface area contributed by atoms with Crippen molar-refractivity contribution in [1.82, 2.24) is 0 Å². The maximum absolute atomic E-state index is 12.9. The Morgan fingerprint density at radius 3 is 1.71 bits per heavy atom. The van der Waals surface area contributed by atoms with E-state index >= 15 is 0 Å². The Bertz CT molecular complexity index is 359. The maximum Gasteiger partial charge on any atom is 0.423 e. The van der Waals surface area contributed by atoms with Crippen LogP contribution in [0.15, 0.2) is 12.1 Å². The van der Waals surface area contributed by atoms with Crippen LogP contribution in [-0.4, -0.2) is 13.2 Å². The molecule has 0 spiro atoms. The van der Waals surface area contributed by atoms with Gasteiger partial charge in [-0.15, -0.1) is 0 Å². The molecule has 0 radical (unpaired) electrons. The SMILES string of the molecule is CCOc1cc(C)cc(OCC)c1C(F)(F)F. The van der Waals surface area contributed by atoms with Gasteiger partial charge in [-0.05, 0) is 38.5 Å². The molecule has 0 aromatic heterocycles. The van der Waals surface area contributed by atoms with E-state index in [0.717, 1.165) is 0 Å². The summed E-state index contributed by atoms with van der Waals surface area (Å²) >= 11 is 0. The molecule has 2 nitrogen and oxygen atoms in total. The van der Waals surface area contributed by atoms with Crippen LogP contribution < -0.4 is 9.47 Å². The normalized spacial score (nSPS) is 11.4. The molecule has 0 unspecified atom stereocenters. The molecule has 0 N–H and O–H groups in total. The van der Waals surface area contributed by atoms with Crippen LogP contribution in [0.1, 0.15) is 25.0 Å². The van der Waals surface area contributed by atoms with Crippen molar-refractivity contribution < 1.29 is 22.6 Å². The molecule has 0 fully saturated rings. The molecule has 5 heteroatoms. The predicted octanol–water partition coefficient (Wildman–Crippen LogP) is 3.81. The lowest BCUT2D eigenvalue weighted by molar-refractivity contribution is -0.140. The summed E-state index contributed by atoms with van der Waals surface area (Å²) in [5.74, 6) is -0.355. The molecule has 1 aromatic carbocycles. The second kappa shape index (κ2) is 5.29. The van der Waals surface area contributed by atoms with Gasteiger partial charge in [0, 0.05) is 0 Å². The molecule has 0 aliphatic heterocycles. The zero-order valence-corrected chi connectivity index (χ0v) is 10.0. The fourth-order valence-corrected chi connectivity index (χ4v) is 1.54. The number of benzene rings is 1. The van der Waals surface area contributed by atoms with Crippen molar-refractivity contribution in [3.63, 3.8) is 0 Å². The van der Waals surface area contributed by atoms with Crippen molar-refractivity contribution in [2.45, 2.75) is 26.9 Å². The first-order valence-electron chi connectivity index (χ1n) is 5.37. The third-order valence-electron chi connectivity index (χ3n) is 2.09. The number of rotatable bonds is 4. The summed E-state index contributed by atoms with van der Waals surface area (Å²) in [6.07, 6.45) is -4.48. The van der Waals surface area contributed by atoms with Gasteiger partial charge in [-0.3, -0.25) is 0 Å². The Kier molecular flexibility index (Phi) is 4.26. The monoisotopic (exact) mass is 248 g/mol. The number of aryl methyl sites for hydroxylation is 1. The maximum atomic E-state index is 12.9. The molecule has 1 aromatic rings. The largest absolute Gasteiger partial charge is 0.493 e. The van der Waals surface area contributed by atoms with Crippen molar-refractivity contribution >= 4 is 0 Å². The average Bonchev–Trinajstić information content (AvgIpc) is 2.15. The molecule has 0 aliphatic carbocycles. The van der Waals surface area contributed by atoms with Crippen LogP contribution in [0.2, 0.25) is 0 Å². The summed E-state index contributed by atoms with van der Waals surface area (Å²) in [5.41, 5.74) is -0.170. The molecule has 0 saturated carbocycles. The van der Waals surface area contributed by atoms with Crippen LogP contribution in [0, 0.1) is 6.92 Å². The minimum atomic E-state index is -4.48. The zero-order chi connectivity index (χ0) is 13.1. The number of alkyl halides is 3. The number of halogens is 3. The third-order valence-corrected chi connectivity index (χ3v) is 2.09. The molecule has 0 heterocycles. The number of hydrogen-bond acceptors (Lipinski definition) is 2. The van der Waals surface area contributed by atoms with Gasteiger partial charge in [0.25, 0.3) is 0 Å². The van der Waals surface area contributed by atoms with E-state index in [1.54, 1.807) is 20.8 Å². The number of hydrogen-bond donors (Lipinski definition) is 0. The fourth-order valence-electron chi connectivity index (χ4n) is 1.54. The van der Waals surface area contributed by atoms with Gasteiger partial charge < -0.3 is 9.47 Å². The smallest absolute Gasteiger partial charge is 0.423 e. The summed E-state index contributed by atoms with van der Waals surface area (Å²) in [6.45, 7) is 5.34. The topological polar surface area (TPSA) is 18.5 Å². The lowest BCUT2D eigenvalue weighted by Crippen LogP contribution is -2.12. The highest BCUT2D eigenvalue weighted by atomic mass is 19.4. The number of ether oxygens (including phenoxy) is 2. The molecular formula is C12H15F3O2. The summed E-state index contributed by atoms with van der Waals surface area (Å²) in [4.78, 5) is 0. The highest BCUT2D eigenvalue weighted by Crippen LogP contribution is 2.43. The van der Waals surface area contributed by atoms with Crippen LogP contribution in [0.25, 0.3) is 0 Å². The minimum absolute atomic E-state index is 0.177. The van der Waals surface area contributed by atoms with E-state index in [1.807, 2.05) is 0 Å². The minimum Gasteiger partial charge on any atom is -0.493 e. The second-order valence-electron chi connectivity index (χ2n) is 3.50. The van der Waals surface area contributed by atoms with E-state index in [1.165, 1.54) is 12.1 Å². The molecule has 1 rings (SSSR count). The first-order chi connectivity index (χ1) is 7.90. The molecule has 96 valence electrons. The summed E-state index contributed by atoms with van der Waals surface area (Å²) in [7, 11) is 0. The summed E-state index contributed by atoms with van der Waals surface area (Å²) in [5, 5.41) is 0. The quantitative estimate of drug-likeness (QED) is 0.806. The van der Waals surface area contributed by atoms with Crippen molar-refractivity contribution in [2.75, 3.05) is 13.2 Å². The highest BCUT2D eigenvalue weighted by molar-refractivity contribution is 5.49. The lowest BCUT2D eigenvalue weighted by atomic mass is 10.1. The Hall–Kier alpha value is -1.39. The third kappa shape index (κ3) is 3.28. The molecule has 0 saturated heterocycles. The van der Waals surface area contributed by atoms with Gasteiger partial charge in [0.2, 0.25) is 0 Å². The Labute approximate surface area is 98.3 Å². The Morgan fingerprint density at radius 2 is 1.41 bits per heavy atom. The van der Waals surface area contributed by atoms with Crippen LogP contribution >= 0.6 is 0 Å². The fraction of sp³-hybridized carbons (Fsp3) is 0.500. The molecular weight excluding hydrogens is 233 g/mol. The van der Waals surface area contributed by atoms with Gasteiger partial charge in [-0.1, -0.05) is 0 Å². The van der Waals surface area contributed by atoms with Crippen LogP contribution in [0.5, 0.6) is 11.5 Å². The van der Waals surface area contributed by atoms with E-state index in [2.05, 4.69) is 0 Å². The van der Waals surface area contributed by atoms with Crippen molar-refractivity contribution in [2.24, 2.45) is 0 Å². The second-order valence-corrected chi connectivity index (χ2v) is 3.50. The highest BCUT2D eigenvalue weighted by Gasteiger charge is 2.38. The lowest BCUT2D eigenvalue weighted by Gasteiger charge is -2.18. The van der Waals surface area contributed by atoms with E-state index in [9.17, 15) is 13.2 Å². The van der Waals surface area contributed by atoms with Crippen molar-refractivity contribution in [3.05, 3.63) is 23.3 Å². The average molecular weight is 248 g/mol. The van der Waals surface area contributed by atoms with E-state index in [4.69, 9.17) is 9.47 Å². The van der Waals surface area contributed by atoms with Crippen molar-refractivity contribution in [3.8, 4) is 11.5 Å². The van der Waals surface area contributed by atoms with Gasteiger partial charge in [-0.25, -0.2) is 0 Å². The molecule has 0 atom stereocenters. The summed E-state index contributed by atoms with van der Waals surface area (Å²) < 4.78 is 48.8. The summed E-state index contributed by atoms with van der Waals surface area (Å²) in [6, 6.07) is 2.74. The molecule has 0 aliphatic rings. The van der Waals surface area contributed by atoms with Gasteiger partial charge in [-0.2, -0.15) is 13.2 Å². The predicted molar refractivity (Wildman–Crippen MR) is 58.5 cm³/mol. The van der Waals surface area contributed by atoms with E-state index in [-0.39, 0.29) is 24.7 Å².